The van der Waals surface area contributed by atoms with Crippen molar-refractivity contribution >= 4 is 22.9 Å². The van der Waals surface area contributed by atoms with Gasteiger partial charge in [0, 0.05) is 14.1 Å². The summed E-state index contributed by atoms with van der Waals surface area (Å²) in [5.74, 6) is 6.57. The minimum atomic E-state index is -1.23. The van der Waals surface area contributed by atoms with Gasteiger partial charge in [-0.05, 0) is 37.3 Å². The molecular weight excluding hydrogens is 388 g/mol. The van der Waals surface area contributed by atoms with E-state index in [4.69, 9.17) is 4.42 Å². The fraction of sp³-hybridized carbons (Fsp3) is 0.400. The van der Waals surface area contributed by atoms with E-state index >= 15 is 0 Å². The molecule has 0 radical (unpaired) electrons. The number of amides is 1. The van der Waals surface area contributed by atoms with E-state index in [1.807, 2.05) is 0 Å². The number of anilines is 1. The standard InChI is InChI=1S/C20H22N6O4/c1-20(19(29)22-3)9-12(15(27)16(20)28)26-10-23-14-17(21-2)24-13(25-18(14)26)7-6-11-5-4-8-30-11/h4-5,8,10,12,15-16,27-28H,9H2,1-3H3,(H,22,29)(H,21,24,25)/t12-,15+,16+,20+/m1/s1. The van der Waals surface area contributed by atoms with Gasteiger partial charge in [0.05, 0.1) is 30.2 Å². The molecule has 0 bridgehead atoms. The van der Waals surface area contributed by atoms with E-state index in [1.54, 1.807) is 30.7 Å². The van der Waals surface area contributed by atoms with Crippen LogP contribution in [0, 0.1) is 17.3 Å². The SMILES string of the molecule is CNC(=O)[C@@]1(C)C[C@@H](n2cnc3c(NC)nc(C#Cc4ccco4)nc32)[C@H](O)[C@@H]1O. The van der Waals surface area contributed by atoms with Crippen molar-refractivity contribution in [1.82, 2.24) is 24.8 Å². The van der Waals surface area contributed by atoms with Gasteiger partial charge >= 0.3 is 0 Å². The summed E-state index contributed by atoms with van der Waals surface area (Å²) in [7, 11) is 3.21. The number of furan rings is 1. The second kappa shape index (κ2) is 7.44. The van der Waals surface area contributed by atoms with Crippen LogP contribution in [0.2, 0.25) is 0 Å². The highest BCUT2D eigenvalue weighted by Gasteiger charge is 2.54. The molecule has 1 aliphatic carbocycles. The molecule has 0 aromatic carbocycles. The molecule has 10 heteroatoms. The molecule has 1 amide bonds. The first-order valence-electron chi connectivity index (χ1n) is 9.45. The third kappa shape index (κ3) is 3.08. The van der Waals surface area contributed by atoms with Crippen LogP contribution in [-0.4, -0.2) is 61.9 Å². The molecule has 1 aliphatic rings. The molecule has 156 valence electrons. The number of carbonyl (C=O) groups excluding carboxylic acids is 1. The van der Waals surface area contributed by atoms with E-state index in [-0.39, 0.29) is 18.2 Å². The molecule has 10 nitrogen and oxygen atoms in total. The third-order valence-corrected chi connectivity index (χ3v) is 5.58. The normalized spacial score (nSPS) is 25.7. The van der Waals surface area contributed by atoms with E-state index in [9.17, 15) is 15.0 Å². The molecule has 3 aromatic heterocycles. The Balaban J connectivity index is 1.78. The van der Waals surface area contributed by atoms with E-state index < -0.39 is 23.7 Å². The van der Waals surface area contributed by atoms with E-state index in [0.717, 1.165) is 0 Å². The van der Waals surface area contributed by atoms with Gasteiger partial charge in [-0.25, -0.2) is 15.0 Å². The molecular formula is C20H22N6O4. The fourth-order valence-electron chi connectivity index (χ4n) is 3.90. The predicted octanol–water partition coefficient (Wildman–Crippen LogP) is 0.280. The van der Waals surface area contributed by atoms with Crippen LogP contribution in [0.15, 0.2) is 29.1 Å². The van der Waals surface area contributed by atoms with Crippen molar-refractivity contribution in [2.75, 3.05) is 19.4 Å². The lowest BCUT2D eigenvalue weighted by atomic mass is 9.85. The molecule has 4 rings (SSSR count). The molecule has 3 aromatic rings. The van der Waals surface area contributed by atoms with Gasteiger partial charge in [-0.1, -0.05) is 0 Å². The summed E-state index contributed by atoms with van der Waals surface area (Å²) < 4.78 is 6.87. The molecule has 4 atom stereocenters. The molecule has 1 fully saturated rings. The average Bonchev–Trinajstić information content (AvgIpc) is 3.47. The van der Waals surface area contributed by atoms with Crippen molar-refractivity contribution in [3.8, 4) is 11.8 Å². The van der Waals surface area contributed by atoms with Gasteiger partial charge < -0.3 is 29.8 Å². The number of hydrogen-bond acceptors (Lipinski definition) is 8. The first-order chi connectivity index (χ1) is 14.4. The zero-order valence-corrected chi connectivity index (χ0v) is 16.7. The van der Waals surface area contributed by atoms with Gasteiger partial charge in [-0.15, -0.1) is 0 Å². The van der Waals surface area contributed by atoms with Crippen molar-refractivity contribution in [1.29, 1.82) is 0 Å². The van der Waals surface area contributed by atoms with Gasteiger partial charge in [-0.3, -0.25) is 4.79 Å². The zero-order valence-electron chi connectivity index (χ0n) is 16.7. The first kappa shape index (κ1) is 19.9. The monoisotopic (exact) mass is 410 g/mol. The fourth-order valence-corrected chi connectivity index (χ4v) is 3.90. The summed E-state index contributed by atoms with van der Waals surface area (Å²) in [6, 6.07) is 2.86. The second-order valence-corrected chi connectivity index (χ2v) is 7.40. The lowest BCUT2D eigenvalue weighted by molar-refractivity contribution is -0.136. The molecule has 0 aliphatic heterocycles. The third-order valence-electron chi connectivity index (χ3n) is 5.58. The largest absolute Gasteiger partial charge is 0.456 e. The van der Waals surface area contributed by atoms with Crippen LogP contribution in [-0.2, 0) is 4.79 Å². The highest BCUT2D eigenvalue weighted by Crippen LogP contribution is 2.45. The van der Waals surface area contributed by atoms with Crippen LogP contribution in [0.25, 0.3) is 11.2 Å². The Hall–Kier alpha value is -3.42. The van der Waals surface area contributed by atoms with Gasteiger partial charge in [0.25, 0.3) is 0 Å². The van der Waals surface area contributed by atoms with Crippen LogP contribution in [0.1, 0.15) is 31.0 Å². The lowest BCUT2D eigenvalue weighted by Gasteiger charge is -2.26. The molecule has 3 heterocycles. The van der Waals surface area contributed by atoms with Crippen molar-refractivity contribution < 1.29 is 19.4 Å². The summed E-state index contributed by atoms with van der Waals surface area (Å²) in [6.07, 6.45) is 0.866. The smallest absolute Gasteiger partial charge is 0.228 e. The van der Waals surface area contributed by atoms with Crippen LogP contribution in [0.5, 0.6) is 0 Å². The van der Waals surface area contributed by atoms with Crippen LogP contribution < -0.4 is 10.6 Å². The Kier molecular flexibility index (Phi) is 4.93. The number of rotatable bonds is 3. The number of carbonyl (C=O) groups is 1. The van der Waals surface area contributed by atoms with Crippen LogP contribution in [0.3, 0.4) is 0 Å². The Morgan fingerprint density at radius 2 is 2.13 bits per heavy atom. The summed E-state index contributed by atoms with van der Waals surface area (Å²) in [5, 5.41) is 26.8. The number of aromatic nitrogens is 4. The van der Waals surface area contributed by atoms with Gasteiger partial charge in [0.1, 0.15) is 6.10 Å². The van der Waals surface area contributed by atoms with E-state index in [0.29, 0.717) is 22.7 Å². The van der Waals surface area contributed by atoms with Crippen molar-refractivity contribution in [2.24, 2.45) is 5.41 Å². The predicted molar refractivity (Wildman–Crippen MR) is 107 cm³/mol. The van der Waals surface area contributed by atoms with Crippen molar-refractivity contribution in [2.45, 2.75) is 31.6 Å². The van der Waals surface area contributed by atoms with Gasteiger partial charge in [0.15, 0.2) is 22.7 Å². The number of nitrogens with one attached hydrogen (secondary N) is 2. The quantitative estimate of drug-likeness (QED) is 0.452. The maximum absolute atomic E-state index is 12.4. The molecule has 30 heavy (non-hydrogen) atoms. The second-order valence-electron chi connectivity index (χ2n) is 7.40. The minimum Gasteiger partial charge on any atom is -0.456 e. The number of imidazole rings is 1. The van der Waals surface area contributed by atoms with Crippen molar-refractivity contribution in [3.63, 3.8) is 0 Å². The molecule has 0 unspecified atom stereocenters. The summed E-state index contributed by atoms with van der Waals surface area (Å²) in [5.41, 5.74) is -0.206. The van der Waals surface area contributed by atoms with Gasteiger partial charge in [-0.2, -0.15) is 0 Å². The topological polar surface area (TPSA) is 138 Å². The highest BCUT2D eigenvalue weighted by atomic mass is 16.3. The number of nitrogens with zero attached hydrogens (tertiary/aromatic N) is 4. The Morgan fingerprint density at radius 1 is 1.33 bits per heavy atom. The molecule has 0 saturated heterocycles. The first-order valence-corrected chi connectivity index (χ1v) is 9.45. The molecule has 1 saturated carbocycles. The number of hydrogen-bond donors (Lipinski definition) is 4. The average molecular weight is 410 g/mol. The zero-order chi connectivity index (χ0) is 21.5. The number of aliphatic hydroxyl groups is 2. The highest BCUT2D eigenvalue weighted by molar-refractivity contribution is 5.85. The summed E-state index contributed by atoms with van der Waals surface area (Å²) in [4.78, 5) is 25.6. The minimum absolute atomic E-state index is 0.215. The van der Waals surface area contributed by atoms with E-state index in [2.05, 4.69) is 37.4 Å². The van der Waals surface area contributed by atoms with Crippen LogP contribution >= 0.6 is 0 Å². The van der Waals surface area contributed by atoms with Gasteiger partial charge in [0.2, 0.25) is 11.7 Å². The summed E-state index contributed by atoms with van der Waals surface area (Å²) in [6.45, 7) is 1.63. The van der Waals surface area contributed by atoms with Crippen molar-refractivity contribution in [3.05, 3.63) is 36.3 Å². The Bertz CT molecular complexity index is 1150. The summed E-state index contributed by atoms with van der Waals surface area (Å²) >= 11 is 0. The molecule has 4 N–H and O–H groups in total. The lowest BCUT2D eigenvalue weighted by Crippen LogP contribution is -2.45. The number of aliphatic hydroxyl groups excluding tert-OH is 2. The van der Waals surface area contributed by atoms with Crippen LogP contribution in [0.4, 0.5) is 5.82 Å². The maximum atomic E-state index is 12.4. The Morgan fingerprint density at radius 3 is 2.80 bits per heavy atom. The maximum Gasteiger partial charge on any atom is 0.228 e. The molecule has 0 spiro atoms. The Labute approximate surface area is 172 Å². The van der Waals surface area contributed by atoms with E-state index in [1.165, 1.54) is 19.6 Å². The number of fused-ring (bicyclic) bond motifs is 1.